The van der Waals surface area contributed by atoms with Gasteiger partial charge in [-0.3, -0.25) is 0 Å². The molecule has 1 aromatic carbocycles. The lowest BCUT2D eigenvalue weighted by Gasteiger charge is -2.24. The maximum atomic E-state index is 5.24. The first kappa shape index (κ1) is 14.0. The van der Waals surface area contributed by atoms with Gasteiger partial charge in [0.1, 0.15) is 5.75 Å². The number of likely N-dealkylation sites (N-methyl/N-ethyl adjacent to an activating group) is 2. The minimum absolute atomic E-state index is 0.376. The van der Waals surface area contributed by atoms with Crippen LogP contribution in [-0.2, 0) is 0 Å². The molecule has 0 aromatic heterocycles. The fourth-order valence-electron chi connectivity index (χ4n) is 2.05. The maximum Gasteiger partial charge on any atom is 0.119 e. The van der Waals surface area contributed by atoms with Crippen LogP contribution in [0.3, 0.4) is 0 Å². The summed E-state index contributed by atoms with van der Waals surface area (Å²) in [6, 6.07) is 6.66. The smallest absolute Gasteiger partial charge is 0.119 e. The van der Waals surface area contributed by atoms with E-state index < -0.39 is 0 Å². The van der Waals surface area contributed by atoms with Crippen LogP contribution in [0.25, 0.3) is 0 Å². The van der Waals surface area contributed by atoms with E-state index in [-0.39, 0.29) is 0 Å². The van der Waals surface area contributed by atoms with Gasteiger partial charge in [-0.2, -0.15) is 0 Å². The Labute approximate surface area is 105 Å². The number of hydrogen-bond donors (Lipinski definition) is 1. The number of ether oxygens (including phenoxy) is 1. The highest BCUT2D eigenvalue weighted by Gasteiger charge is 2.13. The van der Waals surface area contributed by atoms with E-state index in [1.807, 2.05) is 6.07 Å². The molecule has 1 unspecified atom stereocenters. The predicted molar refractivity (Wildman–Crippen MR) is 72.7 cm³/mol. The lowest BCUT2D eigenvalue weighted by Crippen LogP contribution is -2.31. The van der Waals surface area contributed by atoms with Gasteiger partial charge in [0.05, 0.1) is 7.11 Å². The van der Waals surface area contributed by atoms with E-state index in [9.17, 15) is 0 Å². The van der Waals surface area contributed by atoms with Gasteiger partial charge in [0.15, 0.2) is 0 Å². The van der Waals surface area contributed by atoms with Gasteiger partial charge in [0.2, 0.25) is 0 Å². The Morgan fingerprint density at radius 1 is 1.35 bits per heavy atom. The molecule has 0 heterocycles. The van der Waals surface area contributed by atoms with Crippen molar-refractivity contribution in [1.82, 2.24) is 10.2 Å². The topological polar surface area (TPSA) is 24.5 Å². The second kappa shape index (κ2) is 6.62. The molecular formula is C14H24N2O. The molecule has 0 radical (unpaired) electrons. The van der Waals surface area contributed by atoms with Crippen LogP contribution >= 0.6 is 0 Å². The summed E-state index contributed by atoms with van der Waals surface area (Å²) in [5.41, 5.74) is 2.62. The molecule has 1 rings (SSSR count). The van der Waals surface area contributed by atoms with Gasteiger partial charge in [0.25, 0.3) is 0 Å². The van der Waals surface area contributed by atoms with Gasteiger partial charge in [0, 0.05) is 12.6 Å². The van der Waals surface area contributed by atoms with E-state index in [4.69, 9.17) is 4.74 Å². The van der Waals surface area contributed by atoms with Crippen molar-refractivity contribution in [3.8, 4) is 5.75 Å². The van der Waals surface area contributed by atoms with Crippen LogP contribution in [0.5, 0.6) is 5.75 Å². The standard InChI is InChI=1S/C14H24N2O/c1-6-15-14(10-16(3)4)13-8-7-12(17-5)9-11(13)2/h7-9,14-15H,6,10H2,1-5H3. The first-order valence-corrected chi connectivity index (χ1v) is 6.11. The summed E-state index contributed by atoms with van der Waals surface area (Å²) in [6.07, 6.45) is 0. The van der Waals surface area contributed by atoms with Crippen LogP contribution in [0.4, 0.5) is 0 Å². The van der Waals surface area contributed by atoms with Gasteiger partial charge in [-0.05, 0) is 50.8 Å². The Kier molecular flexibility index (Phi) is 5.45. The molecule has 3 heteroatoms. The zero-order chi connectivity index (χ0) is 12.8. The van der Waals surface area contributed by atoms with Crippen LogP contribution in [0.15, 0.2) is 18.2 Å². The Bertz CT molecular complexity index is 350. The lowest BCUT2D eigenvalue weighted by molar-refractivity contribution is 0.344. The third-order valence-electron chi connectivity index (χ3n) is 2.85. The molecule has 0 saturated carbocycles. The van der Waals surface area contributed by atoms with Gasteiger partial charge < -0.3 is 15.0 Å². The molecule has 3 nitrogen and oxygen atoms in total. The van der Waals surface area contributed by atoms with Gasteiger partial charge in [-0.1, -0.05) is 13.0 Å². The van der Waals surface area contributed by atoms with Crippen molar-refractivity contribution in [3.63, 3.8) is 0 Å². The van der Waals surface area contributed by atoms with E-state index in [2.05, 4.69) is 50.3 Å². The second-order valence-electron chi connectivity index (χ2n) is 4.60. The normalized spacial score (nSPS) is 12.8. The van der Waals surface area contributed by atoms with Crippen molar-refractivity contribution in [1.29, 1.82) is 0 Å². The lowest BCUT2D eigenvalue weighted by atomic mass is 10.0. The van der Waals surface area contributed by atoms with Crippen LogP contribution in [0.1, 0.15) is 24.1 Å². The van der Waals surface area contributed by atoms with E-state index in [0.29, 0.717) is 6.04 Å². The summed E-state index contributed by atoms with van der Waals surface area (Å²) in [6.45, 7) is 6.25. The van der Waals surface area contributed by atoms with Crippen LogP contribution < -0.4 is 10.1 Å². The van der Waals surface area contributed by atoms with Crippen molar-refractivity contribution in [2.75, 3.05) is 34.3 Å². The predicted octanol–water partition coefficient (Wildman–Crippen LogP) is 2.22. The fraction of sp³-hybridized carbons (Fsp3) is 0.571. The number of nitrogens with zero attached hydrogens (tertiary/aromatic N) is 1. The van der Waals surface area contributed by atoms with Crippen molar-refractivity contribution >= 4 is 0 Å². The summed E-state index contributed by atoms with van der Waals surface area (Å²) >= 11 is 0. The number of benzene rings is 1. The van der Waals surface area contributed by atoms with Crippen molar-refractivity contribution in [2.45, 2.75) is 19.9 Å². The quantitative estimate of drug-likeness (QED) is 0.819. The number of aryl methyl sites for hydroxylation is 1. The van der Waals surface area contributed by atoms with Gasteiger partial charge >= 0.3 is 0 Å². The molecule has 0 amide bonds. The molecule has 96 valence electrons. The second-order valence-corrected chi connectivity index (χ2v) is 4.60. The average Bonchev–Trinajstić information content (AvgIpc) is 2.27. The molecule has 0 spiro atoms. The van der Waals surface area contributed by atoms with Gasteiger partial charge in [-0.15, -0.1) is 0 Å². The van der Waals surface area contributed by atoms with Crippen molar-refractivity contribution in [3.05, 3.63) is 29.3 Å². The number of nitrogens with one attached hydrogen (secondary N) is 1. The van der Waals surface area contributed by atoms with E-state index >= 15 is 0 Å². The molecule has 0 bridgehead atoms. The Balaban J connectivity index is 2.93. The summed E-state index contributed by atoms with van der Waals surface area (Å²) in [5, 5.41) is 3.53. The first-order chi connectivity index (χ1) is 8.08. The molecule has 0 saturated heterocycles. The third-order valence-corrected chi connectivity index (χ3v) is 2.85. The SMILES string of the molecule is CCNC(CN(C)C)c1ccc(OC)cc1C. The maximum absolute atomic E-state index is 5.24. The monoisotopic (exact) mass is 236 g/mol. The van der Waals surface area contributed by atoms with Crippen LogP contribution in [0, 0.1) is 6.92 Å². The molecule has 17 heavy (non-hydrogen) atoms. The molecule has 0 aliphatic rings. The molecular weight excluding hydrogens is 212 g/mol. The Hall–Kier alpha value is -1.06. The van der Waals surface area contributed by atoms with Gasteiger partial charge in [-0.25, -0.2) is 0 Å². The molecule has 0 aliphatic carbocycles. The average molecular weight is 236 g/mol. The highest BCUT2D eigenvalue weighted by atomic mass is 16.5. The van der Waals surface area contributed by atoms with E-state index in [1.165, 1.54) is 11.1 Å². The van der Waals surface area contributed by atoms with Crippen LogP contribution in [0.2, 0.25) is 0 Å². The molecule has 1 N–H and O–H groups in total. The van der Waals surface area contributed by atoms with E-state index in [1.54, 1.807) is 7.11 Å². The zero-order valence-electron chi connectivity index (χ0n) is 11.6. The minimum Gasteiger partial charge on any atom is -0.497 e. The molecule has 1 aromatic rings. The molecule has 1 atom stereocenters. The largest absolute Gasteiger partial charge is 0.497 e. The van der Waals surface area contributed by atoms with Crippen molar-refractivity contribution < 1.29 is 4.74 Å². The fourth-order valence-corrected chi connectivity index (χ4v) is 2.05. The van der Waals surface area contributed by atoms with Crippen molar-refractivity contribution in [2.24, 2.45) is 0 Å². The Morgan fingerprint density at radius 2 is 2.06 bits per heavy atom. The molecule has 0 fully saturated rings. The Morgan fingerprint density at radius 3 is 2.53 bits per heavy atom. The summed E-state index contributed by atoms with van der Waals surface area (Å²) in [7, 11) is 5.91. The third kappa shape index (κ3) is 4.02. The minimum atomic E-state index is 0.376. The first-order valence-electron chi connectivity index (χ1n) is 6.11. The summed E-state index contributed by atoms with van der Waals surface area (Å²) in [5.74, 6) is 0.923. The number of methoxy groups -OCH3 is 1. The zero-order valence-corrected chi connectivity index (χ0v) is 11.6. The highest BCUT2D eigenvalue weighted by Crippen LogP contribution is 2.22. The summed E-state index contributed by atoms with van der Waals surface area (Å²) in [4.78, 5) is 2.21. The number of rotatable bonds is 6. The van der Waals surface area contributed by atoms with Crippen LogP contribution in [-0.4, -0.2) is 39.2 Å². The number of hydrogen-bond acceptors (Lipinski definition) is 3. The highest BCUT2D eigenvalue weighted by molar-refractivity contribution is 5.36. The molecule has 0 aliphatic heterocycles. The summed E-state index contributed by atoms with van der Waals surface area (Å²) < 4.78 is 5.24. The van der Waals surface area contributed by atoms with E-state index in [0.717, 1.165) is 18.8 Å².